The van der Waals surface area contributed by atoms with Gasteiger partial charge in [-0.3, -0.25) is 9.59 Å². The Balaban J connectivity index is 1.98. The van der Waals surface area contributed by atoms with Crippen LogP contribution in [0.3, 0.4) is 0 Å². The second-order valence-electron chi connectivity index (χ2n) is 6.38. The van der Waals surface area contributed by atoms with Crippen molar-refractivity contribution < 1.29 is 14.7 Å². The van der Waals surface area contributed by atoms with E-state index in [2.05, 4.69) is 0 Å². The molecule has 1 amide bonds. The summed E-state index contributed by atoms with van der Waals surface area (Å²) in [5, 5.41) is 8.61. The third kappa shape index (κ3) is 3.08. The van der Waals surface area contributed by atoms with E-state index in [1.807, 2.05) is 32.0 Å². The van der Waals surface area contributed by atoms with E-state index in [0.717, 1.165) is 30.5 Å². The van der Waals surface area contributed by atoms with Gasteiger partial charge in [0.05, 0.1) is 16.8 Å². The number of rotatable bonds is 7. The van der Waals surface area contributed by atoms with E-state index in [1.54, 1.807) is 4.90 Å². The van der Waals surface area contributed by atoms with Crippen molar-refractivity contribution in [2.24, 2.45) is 0 Å². The smallest absolute Gasteiger partial charge is 0.303 e. The molecule has 3 N–H and O–H groups in total. The minimum atomic E-state index is -0.752. The zero-order valence-electron chi connectivity index (χ0n) is 13.3. The Morgan fingerprint density at radius 2 is 1.91 bits per heavy atom. The van der Waals surface area contributed by atoms with Crippen LogP contribution < -0.4 is 10.6 Å². The van der Waals surface area contributed by atoms with Crippen molar-refractivity contribution >= 4 is 23.3 Å². The van der Waals surface area contributed by atoms with Gasteiger partial charge in [-0.1, -0.05) is 25.0 Å². The summed E-state index contributed by atoms with van der Waals surface area (Å²) in [6, 6.07) is 5.68. The van der Waals surface area contributed by atoms with Crippen LogP contribution in [0.5, 0.6) is 0 Å². The van der Waals surface area contributed by atoms with Crippen LogP contribution in [-0.2, 0) is 15.0 Å². The molecule has 0 saturated heterocycles. The highest BCUT2D eigenvalue weighted by Gasteiger charge is 2.44. The maximum atomic E-state index is 12.6. The Morgan fingerprint density at radius 1 is 1.23 bits per heavy atom. The Hall–Kier alpha value is -2.04. The second kappa shape index (κ2) is 6.38. The fourth-order valence-corrected chi connectivity index (χ4v) is 3.03. The van der Waals surface area contributed by atoms with E-state index in [0.29, 0.717) is 18.7 Å². The Bertz CT molecular complexity index is 581. The molecule has 0 bridgehead atoms. The van der Waals surface area contributed by atoms with Crippen molar-refractivity contribution in [3.8, 4) is 0 Å². The number of nitrogen functional groups attached to an aromatic ring is 1. The van der Waals surface area contributed by atoms with Crippen molar-refractivity contribution in [1.82, 2.24) is 0 Å². The monoisotopic (exact) mass is 304 g/mol. The third-order valence-corrected chi connectivity index (χ3v) is 4.31. The summed E-state index contributed by atoms with van der Waals surface area (Å²) in [6.45, 7) is 4.50. The fourth-order valence-electron chi connectivity index (χ4n) is 3.03. The molecule has 5 nitrogen and oxygen atoms in total. The summed E-state index contributed by atoms with van der Waals surface area (Å²) in [4.78, 5) is 24.9. The molecule has 1 aromatic carbocycles. The van der Waals surface area contributed by atoms with Gasteiger partial charge >= 0.3 is 5.97 Å². The van der Waals surface area contributed by atoms with Crippen LogP contribution in [0.4, 0.5) is 11.4 Å². The van der Waals surface area contributed by atoms with Crippen LogP contribution in [0.15, 0.2) is 18.2 Å². The van der Waals surface area contributed by atoms with Crippen LogP contribution in [0, 0.1) is 0 Å². The number of benzene rings is 1. The first kappa shape index (κ1) is 16.3. The highest BCUT2D eigenvalue weighted by Crippen LogP contribution is 2.44. The highest BCUT2D eigenvalue weighted by molar-refractivity contribution is 6.10. The summed E-state index contributed by atoms with van der Waals surface area (Å²) < 4.78 is 0. The molecule has 1 aliphatic heterocycles. The van der Waals surface area contributed by atoms with Gasteiger partial charge in [-0.2, -0.15) is 0 Å². The zero-order valence-corrected chi connectivity index (χ0v) is 13.3. The molecule has 0 radical (unpaired) electrons. The molecule has 1 aliphatic rings. The van der Waals surface area contributed by atoms with Gasteiger partial charge in [-0.05, 0) is 38.3 Å². The largest absolute Gasteiger partial charge is 0.481 e. The number of carbonyl (C=O) groups is 2. The molecule has 0 aliphatic carbocycles. The summed E-state index contributed by atoms with van der Waals surface area (Å²) in [6.07, 6.45) is 3.54. The SMILES string of the molecule is CC1(C)C(=O)N(CCCCCCC(=O)O)c2c(N)cccc21. The normalized spacial score (nSPS) is 15.9. The van der Waals surface area contributed by atoms with Gasteiger partial charge in [0.1, 0.15) is 0 Å². The standard InChI is InChI=1S/C17H24N2O3/c1-17(2)12-8-7-9-13(18)15(12)19(16(17)22)11-6-4-3-5-10-14(20)21/h7-9H,3-6,10-11,18H2,1-2H3,(H,20,21). The van der Waals surface area contributed by atoms with Crippen molar-refractivity contribution in [2.45, 2.75) is 51.4 Å². The third-order valence-electron chi connectivity index (χ3n) is 4.31. The molecule has 0 spiro atoms. The molecular formula is C17H24N2O3. The predicted molar refractivity (Wildman–Crippen MR) is 87.0 cm³/mol. The van der Waals surface area contributed by atoms with E-state index >= 15 is 0 Å². The molecule has 0 atom stereocenters. The molecule has 22 heavy (non-hydrogen) atoms. The summed E-state index contributed by atoms with van der Waals surface area (Å²) in [7, 11) is 0. The van der Waals surface area contributed by atoms with Gasteiger partial charge in [-0.15, -0.1) is 0 Å². The molecule has 0 saturated carbocycles. The number of unbranched alkanes of at least 4 members (excludes halogenated alkanes) is 3. The lowest BCUT2D eigenvalue weighted by Crippen LogP contribution is -2.36. The van der Waals surface area contributed by atoms with Gasteiger partial charge in [0.2, 0.25) is 5.91 Å². The number of carboxylic acids is 1. The van der Waals surface area contributed by atoms with Crippen LogP contribution >= 0.6 is 0 Å². The number of aliphatic carboxylic acids is 1. The molecule has 5 heteroatoms. The van der Waals surface area contributed by atoms with Crippen molar-refractivity contribution in [3.63, 3.8) is 0 Å². The van der Waals surface area contributed by atoms with E-state index < -0.39 is 11.4 Å². The summed E-state index contributed by atoms with van der Waals surface area (Å²) in [5.74, 6) is -0.663. The molecular weight excluding hydrogens is 280 g/mol. The van der Waals surface area contributed by atoms with Crippen LogP contribution in [0.25, 0.3) is 0 Å². The van der Waals surface area contributed by atoms with Crippen molar-refractivity contribution in [1.29, 1.82) is 0 Å². The van der Waals surface area contributed by atoms with Gasteiger partial charge in [-0.25, -0.2) is 0 Å². The number of carboxylic acid groups (broad SMARTS) is 1. The van der Waals surface area contributed by atoms with Gasteiger partial charge in [0, 0.05) is 13.0 Å². The minimum absolute atomic E-state index is 0.0888. The van der Waals surface area contributed by atoms with E-state index in [1.165, 1.54) is 0 Å². The number of para-hydroxylation sites is 1. The lowest BCUT2D eigenvalue weighted by atomic mass is 9.86. The summed E-state index contributed by atoms with van der Waals surface area (Å²) in [5.41, 5.74) is 8.02. The molecule has 0 aromatic heterocycles. The number of hydrogen-bond donors (Lipinski definition) is 2. The van der Waals surface area contributed by atoms with Gasteiger partial charge in [0.15, 0.2) is 0 Å². The molecule has 0 unspecified atom stereocenters. The quantitative estimate of drug-likeness (QED) is 0.599. The number of carbonyl (C=O) groups excluding carboxylic acids is 1. The number of amides is 1. The second-order valence-corrected chi connectivity index (χ2v) is 6.38. The molecule has 1 heterocycles. The van der Waals surface area contributed by atoms with Crippen LogP contribution in [-0.4, -0.2) is 23.5 Å². The molecule has 2 rings (SSSR count). The Kier molecular flexibility index (Phi) is 4.74. The number of nitrogens with two attached hydrogens (primary N) is 1. The summed E-state index contributed by atoms with van der Waals surface area (Å²) >= 11 is 0. The first-order valence-corrected chi connectivity index (χ1v) is 7.78. The van der Waals surface area contributed by atoms with Gasteiger partial charge < -0.3 is 15.7 Å². The van der Waals surface area contributed by atoms with Crippen molar-refractivity contribution in [3.05, 3.63) is 23.8 Å². The number of hydrogen-bond acceptors (Lipinski definition) is 3. The lowest BCUT2D eigenvalue weighted by molar-refractivity contribution is -0.137. The van der Waals surface area contributed by atoms with E-state index in [4.69, 9.17) is 10.8 Å². The Labute approximate surface area is 131 Å². The average Bonchev–Trinajstić information content (AvgIpc) is 2.64. The van der Waals surface area contributed by atoms with Crippen LogP contribution in [0.2, 0.25) is 0 Å². The topological polar surface area (TPSA) is 83.6 Å². The predicted octanol–water partition coefficient (Wildman–Crippen LogP) is 2.93. The maximum absolute atomic E-state index is 12.6. The molecule has 120 valence electrons. The molecule has 0 fully saturated rings. The number of nitrogens with zero attached hydrogens (tertiary/aromatic N) is 1. The molecule has 1 aromatic rings. The minimum Gasteiger partial charge on any atom is -0.481 e. The first-order chi connectivity index (χ1) is 10.4. The maximum Gasteiger partial charge on any atom is 0.303 e. The van der Waals surface area contributed by atoms with Crippen molar-refractivity contribution in [2.75, 3.05) is 17.2 Å². The van der Waals surface area contributed by atoms with Gasteiger partial charge in [0.25, 0.3) is 0 Å². The number of anilines is 2. The van der Waals surface area contributed by atoms with Crippen LogP contribution in [0.1, 0.15) is 51.5 Å². The average molecular weight is 304 g/mol. The fraction of sp³-hybridized carbons (Fsp3) is 0.529. The first-order valence-electron chi connectivity index (χ1n) is 7.78. The van der Waals surface area contributed by atoms with E-state index in [9.17, 15) is 9.59 Å². The van der Waals surface area contributed by atoms with E-state index in [-0.39, 0.29) is 12.3 Å². The Morgan fingerprint density at radius 3 is 2.59 bits per heavy atom. The highest BCUT2D eigenvalue weighted by atomic mass is 16.4. The lowest BCUT2D eigenvalue weighted by Gasteiger charge is -2.20. The zero-order chi connectivity index (χ0) is 16.3. The number of fused-ring (bicyclic) bond motifs is 1.